The van der Waals surface area contributed by atoms with Crippen LogP contribution in [0.25, 0.3) is 6.20 Å². The summed E-state index contributed by atoms with van der Waals surface area (Å²) in [5.74, 6) is 0.648. The van der Waals surface area contributed by atoms with Gasteiger partial charge in [0.2, 0.25) is 0 Å². The van der Waals surface area contributed by atoms with Crippen LogP contribution >= 0.6 is 0 Å². The molecule has 2 N–H and O–H groups in total. The van der Waals surface area contributed by atoms with Gasteiger partial charge in [0.25, 0.3) is 5.91 Å². The van der Waals surface area contributed by atoms with Crippen LogP contribution in [-0.4, -0.2) is 41.8 Å². The molecular formula is C16H24N4O4. The SMILES string of the molecule is CC(C)C1C=Cn2cccc21.CNC(=O)ON(C(C)=O)C(=O)NC. The lowest BCUT2D eigenvalue weighted by Gasteiger charge is -2.15. The smallest absolute Gasteiger partial charge is 0.338 e. The van der Waals surface area contributed by atoms with Crippen LogP contribution in [0.15, 0.2) is 24.4 Å². The van der Waals surface area contributed by atoms with E-state index in [2.05, 4.69) is 64.5 Å². The fourth-order valence-corrected chi connectivity index (χ4v) is 2.15. The van der Waals surface area contributed by atoms with Gasteiger partial charge in [0.1, 0.15) is 0 Å². The van der Waals surface area contributed by atoms with Crippen LogP contribution in [-0.2, 0) is 9.63 Å². The molecule has 0 saturated carbocycles. The van der Waals surface area contributed by atoms with Gasteiger partial charge in [-0.3, -0.25) is 4.79 Å². The Labute approximate surface area is 141 Å². The van der Waals surface area contributed by atoms with E-state index in [-0.39, 0.29) is 0 Å². The Kier molecular flexibility index (Phi) is 7.03. The van der Waals surface area contributed by atoms with E-state index in [9.17, 15) is 14.4 Å². The Morgan fingerprint density at radius 3 is 2.42 bits per heavy atom. The molecule has 24 heavy (non-hydrogen) atoms. The van der Waals surface area contributed by atoms with Crippen molar-refractivity contribution in [3.8, 4) is 0 Å². The standard InChI is InChI=1S/C10H13N.C6H11N3O4/c1-8(2)9-5-7-11-6-3-4-10(9)11;1-4(10)9(5(11)7-2)13-6(12)8-3/h3-9H,1-2H3;1-3H3,(H,7,11)(H,8,12). The molecule has 0 saturated heterocycles. The molecule has 4 amide bonds. The maximum absolute atomic E-state index is 10.9. The van der Waals surface area contributed by atoms with Crippen LogP contribution in [0.1, 0.15) is 32.4 Å². The number of nitrogens with zero attached hydrogens (tertiary/aromatic N) is 2. The predicted octanol–water partition coefficient (Wildman–Crippen LogP) is 2.16. The zero-order valence-electron chi connectivity index (χ0n) is 14.6. The summed E-state index contributed by atoms with van der Waals surface area (Å²) in [5.41, 5.74) is 1.43. The Balaban J connectivity index is 0.000000242. The van der Waals surface area contributed by atoms with Gasteiger partial charge in [-0.25, -0.2) is 9.59 Å². The first-order chi connectivity index (χ1) is 11.3. The van der Waals surface area contributed by atoms with Crippen LogP contribution < -0.4 is 10.6 Å². The Hall–Kier alpha value is -2.77. The van der Waals surface area contributed by atoms with Crippen LogP contribution in [0.2, 0.25) is 0 Å². The summed E-state index contributed by atoms with van der Waals surface area (Å²) in [5, 5.41) is 4.55. The molecule has 8 nitrogen and oxygen atoms in total. The second-order valence-corrected chi connectivity index (χ2v) is 5.45. The zero-order chi connectivity index (χ0) is 18.3. The summed E-state index contributed by atoms with van der Waals surface area (Å²) < 4.78 is 2.20. The molecule has 0 spiro atoms. The molecule has 1 aliphatic rings. The number of allylic oxidation sites excluding steroid dienone is 1. The molecular weight excluding hydrogens is 312 g/mol. The monoisotopic (exact) mass is 336 g/mol. The van der Waals surface area contributed by atoms with Gasteiger partial charge in [0, 0.05) is 45.0 Å². The number of carbonyl (C=O) groups is 3. The van der Waals surface area contributed by atoms with Gasteiger partial charge in [-0.15, -0.1) is 0 Å². The highest BCUT2D eigenvalue weighted by atomic mass is 16.7. The van der Waals surface area contributed by atoms with Crippen LogP contribution in [0.3, 0.4) is 0 Å². The van der Waals surface area contributed by atoms with Crippen molar-refractivity contribution in [3.63, 3.8) is 0 Å². The first kappa shape index (κ1) is 19.3. The number of hydrogen-bond donors (Lipinski definition) is 2. The predicted molar refractivity (Wildman–Crippen MR) is 89.9 cm³/mol. The second-order valence-electron chi connectivity index (χ2n) is 5.45. The number of amides is 4. The lowest BCUT2D eigenvalue weighted by Crippen LogP contribution is -2.44. The van der Waals surface area contributed by atoms with Crippen molar-refractivity contribution < 1.29 is 19.2 Å². The third kappa shape index (κ3) is 4.87. The first-order valence-corrected chi connectivity index (χ1v) is 7.59. The summed E-state index contributed by atoms with van der Waals surface area (Å²) >= 11 is 0. The third-order valence-electron chi connectivity index (χ3n) is 3.39. The molecule has 2 rings (SSSR count). The van der Waals surface area contributed by atoms with Crippen molar-refractivity contribution in [2.75, 3.05) is 14.1 Å². The Morgan fingerprint density at radius 1 is 1.25 bits per heavy atom. The molecule has 0 aliphatic carbocycles. The van der Waals surface area contributed by atoms with Crippen LogP contribution in [0.5, 0.6) is 0 Å². The number of nitrogens with one attached hydrogen (secondary N) is 2. The summed E-state index contributed by atoms with van der Waals surface area (Å²) in [6.45, 7) is 5.62. The van der Waals surface area contributed by atoms with Crippen LogP contribution in [0.4, 0.5) is 9.59 Å². The van der Waals surface area contributed by atoms with Crippen molar-refractivity contribution in [2.45, 2.75) is 26.7 Å². The van der Waals surface area contributed by atoms with Gasteiger partial charge in [0.15, 0.2) is 0 Å². The minimum absolute atomic E-state index is 0.318. The number of hydroxylamine groups is 2. The van der Waals surface area contributed by atoms with Gasteiger partial charge in [0.05, 0.1) is 0 Å². The average molecular weight is 336 g/mol. The molecule has 0 aromatic carbocycles. The molecule has 1 aliphatic heterocycles. The second kappa shape index (κ2) is 8.76. The van der Waals surface area contributed by atoms with E-state index in [0.717, 1.165) is 6.92 Å². The van der Waals surface area contributed by atoms with E-state index >= 15 is 0 Å². The van der Waals surface area contributed by atoms with Crippen molar-refractivity contribution >= 4 is 24.2 Å². The van der Waals surface area contributed by atoms with E-state index in [1.165, 1.54) is 19.8 Å². The van der Waals surface area contributed by atoms with Gasteiger partial charge < -0.3 is 20.0 Å². The third-order valence-corrected chi connectivity index (χ3v) is 3.39. The van der Waals surface area contributed by atoms with E-state index in [1.54, 1.807) is 0 Å². The van der Waals surface area contributed by atoms with Gasteiger partial charge in [-0.05, 0) is 18.1 Å². The topological polar surface area (TPSA) is 92.7 Å². The highest BCUT2D eigenvalue weighted by Crippen LogP contribution is 2.30. The quantitative estimate of drug-likeness (QED) is 0.769. The largest absolute Gasteiger partial charge is 0.431 e. The average Bonchev–Trinajstić information content (AvgIpc) is 3.14. The number of fused-ring (bicyclic) bond motifs is 1. The Morgan fingerprint density at radius 2 is 1.92 bits per heavy atom. The van der Waals surface area contributed by atoms with Crippen molar-refractivity contribution in [3.05, 3.63) is 30.1 Å². The zero-order valence-corrected chi connectivity index (χ0v) is 14.6. The molecule has 0 radical (unpaired) electrons. The number of carbonyl (C=O) groups excluding carboxylic acids is 3. The fraction of sp³-hybridized carbons (Fsp3) is 0.438. The van der Waals surface area contributed by atoms with Gasteiger partial charge >= 0.3 is 12.1 Å². The maximum atomic E-state index is 10.9. The minimum atomic E-state index is -0.890. The number of imide groups is 1. The molecule has 132 valence electrons. The number of aromatic nitrogens is 1. The van der Waals surface area contributed by atoms with E-state index in [4.69, 9.17) is 0 Å². The summed E-state index contributed by atoms with van der Waals surface area (Å²) in [6, 6.07) is 3.50. The van der Waals surface area contributed by atoms with Crippen molar-refractivity contribution in [2.24, 2.45) is 5.92 Å². The van der Waals surface area contributed by atoms with Crippen LogP contribution in [0, 0.1) is 5.92 Å². The summed E-state index contributed by atoms with van der Waals surface area (Å²) in [6.07, 6.45) is 5.65. The summed E-state index contributed by atoms with van der Waals surface area (Å²) in [4.78, 5) is 36.6. The molecule has 1 aromatic rings. The molecule has 2 heterocycles. The van der Waals surface area contributed by atoms with Crippen molar-refractivity contribution in [1.29, 1.82) is 0 Å². The number of rotatable bonds is 1. The van der Waals surface area contributed by atoms with E-state index in [0.29, 0.717) is 16.9 Å². The van der Waals surface area contributed by atoms with E-state index in [1.807, 2.05) is 0 Å². The minimum Gasteiger partial charge on any atom is -0.338 e. The van der Waals surface area contributed by atoms with Gasteiger partial charge in [-0.2, -0.15) is 0 Å². The number of hydrogen-bond acceptors (Lipinski definition) is 4. The molecule has 0 fully saturated rings. The lowest BCUT2D eigenvalue weighted by atomic mass is 9.94. The molecule has 8 heteroatoms. The number of urea groups is 1. The summed E-state index contributed by atoms with van der Waals surface area (Å²) in [7, 11) is 2.62. The molecule has 0 bridgehead atoms. The Bertz CT molecular complexity index is 621. The molecule has 1 atom stereocenters. The fourth-order valence-electron chi connectivity index (χ4n) is 2.15. The highest BCUT2D eigenvalue weighted by molar-refractivity contribution is 5.92. The normalized spacial score (nSPS) is 14.3. The molecule has 1 aromatic heterocycles. The van der Waals surface area contributed by atoms with Gasteiger partial charge in [-0.1, -0.05) is 25.0 Å². The first-order valence-electron chi connectivity index (χ1n) is 7.59. The highest BCUT2D eigenvalue weighted by Gasteiger charge is 2.21. The lowest BCUT2D eigenvalue weighted by molar-refractivity contribution is -0.150. The van der Waals surface area contributed by atoms with E-state index < -0.39 is 18.0 Å². The molecule has 1 unspecified atom stereocenters. The van der Waals surface area contributed by atoms with Crippen molar-refractivity contribution in [1.82, 2.24) is 20.3 Å². The maximum Gasteiger partial charge on any atom is 0.431 e.